The lowest BCUT2D eigenvalue weighted by Crippen LogP contribution is -2.34. The molecule has 1 fully saturated rings. The van der Waals surface area contributed by atoms with Crippen molar-refractivity contribution in [1.29, 1.82) is 0 Å². The minimum Gasteiger partial charge on any atom is -0.490 e. The van der Waals surface area contributed by atoms with Crippen LogP contribution in [0.3, 0.4) is 0 Å². The summed E-state index contributed by atoms with van der Waals surface area (Å²) < 4.78 is 24.1. The number of halogens is 1. The molecule has 0 bridgehead atoms. The summed E-state index contributed by atoms with van der Waals surface area (Å²) in [6.45, 7) is 2.47. The van der Waals surface area contributed by atoms with Crippen LogP contribution in [0.15, 0.2) is 77.9 Å². The van der Waals surface area contributed by atoms with Crippen molar-refractivity contribution in [1.82, 2.24) is 10.7 Å². The number of rotatable bonds is 8. The predicted molar refractivity (Wildman–Crippen MR) is 130 cm³/mol. The van der Waals surface area contributed by atoms with E-state index in [2.05, 4.69) is 15.8 Å². The molecule has 0 aliphatic carbocycles. The molecule has 0 aromatic heterocycles. The highest BCUT2D eigenvalue weighted by Gasteiger charge is 2.40. The molecular weight excluding hydrogens is 465 g/mol. The van der Waals surface area contributed by atoms with E-state index in [1.165, 1.54) is 36.5 Å². The van der Waals surface area contributed by atoms with Crippen molar-refractivity contribution in [3.8, 4) is 11.5 Å². The number of ether oxygens (including phenoxy) is 2. The number of carbonyl (C=O) groups is 3. The molecular formula is C27H24FN3O5. The van der Waals surface area contributed by atoms with Gasteiger partial charge in [0.2, 0.25) is 5.91 Å². The number of nitrogens with one attached hydrogen (secondary N) is 2. The third-order valence-electron chi connectivity index (χ3n) is 5.63. The van der Waals surface area contributed by atoms with Gasteiger partial charge < -0.3 is 14.8 Å². The quantitative estimate of drug-likeness (QED) is 0.166. The van der Waals surface area contributed by atoms with Gasteiger partial charge in [-0.15, -0.1) is 0 Å². The first-order chi connectivity index (χ1) is 17.5. The van der Waals surface area contributed by atoms with Crippen molar-refractivity contribution in [3.05, 3.63) is 95.3 Å². The topological polar surface area (TPSA) is 106 Å². The molecule has 1 saturated heterocycles. The number of hydrogen-bond donors (Lipinski definition) is 2. The summed E-state index contributed by atoms with van der Waals surface area (Å²) in [5, 5.41) is 6.73. The lowest BCUT2D eigenvalue weighted by Gasteiger charge is -2.15. The fourth-order valence-electron chi connectivity index (χ4n) is 3.88. The first kappa shape index (κ1) is 24.6. The largest absolute Gasteiger partial charge is 0.490 e. The van der Waals surface area contributed by atoms with Crippen molar-refractivity contribution in [2.24, 2.45) is 11.0 Å². The number of esters is 1. The van der Waals surface area contributed by atoms with Crippen molar-refractivity contribution < 1.29 is 28.2 Å². The minimum atomic E-state index is -0.892. The van der Waals surface area contributed by atoms with Crippen LogP contribution in [0.4, 0.5) is 4.39 Å². The standard InChI is InChI=1S/C27H24FN3O5/c1-2-35-23-14-17(8-13-22(23)36-27(34)19-9-11-20(28)12-10-19)15-30-31-26(33)24-21(16-29-25(24)32)18-6-4-3-5-7-18/h3-15,21,24H,2,16H2,1H3,(H,29,32)(H,31,33)/t21-,24-/m1/s1. The Kier molecular flexibility index (Phi) is 7.69. The van der Waals surface area contributed by atoms with Crippen LogP contribution in [0, 0.1) is 11.7 Å². The van der Waals surface area contributed by atoms with Gasteiger partial charge in [-0.05, 0) is 60.5 Å². The molecule has 2 N–H and O–H groups in total. The molecule has 3 aromatic carbocycles. The monoisotopic (exact) mass is 489 g/mol. The predicted octanol–water partition coefficient (Wildman–Crippen LogP) is 3.42. The van der Waals surface area contributed by atoms with Gasteiger partial charge in [-0.2, -0.15) is 5.10 Å². The molecule has 0 radical (unpaired) electrons. The Bertz CT molecular complexity index is 1280. The number of amides is 2. The second kappa shape index (κ2) is 11.3. The summed E-state index contributed by atoms with van der Waals surface area (Å²) in [5.74, 6) is -2.67. The number of hydrazone groups is 1. The van der Waals surface area contributed by atoms with Gasteiger partial charge >= 0.3 is 5.97 Å². The lowest BCUT2D eigenvalue weighted by molar-refractivity contribution is -0.133. The van der Waals surface area contributed by atoms with Crippen LogP contribution >= 0.6 is 0 Å². The number of hydrogen-bond acceptors (Lipinski definition) is 6. The molecule has 4 rings (SSSR count). The molecule has 184 valence electrons. The highest BCUT2D eigenvalue weighted by Crippen LogP contribution is 2.30. The molecule has 1 aliphatic rings. The molecule has 9 heteroatoms. The molecule has 1 heterocycles. The summed E-state index contributed by atoms with van der Waals surface area (Å²) >= 11 is 0. The Morgan fingerprint density at radius 2 is 1.83 bits per heavy atom. The van der Waals surface area contributed by atoms with E-state index < -0.39 is 23.6 Å². The molecule has 1 aliphatic heterocycles. The second-order valence-electron chi connectivity index (χ2n) is 8.01. The Hall–Kier alpha value is -4.53. The minimum absolute atomic E-state index is 0.181. The molecule has 2 atom stereocenters. The maximum atomic E-state index is 13.1. The van der Waals surface area contributed by atoms with Crippen molar-refractivity contribution >= 4 is 24.0 Å². The van der Waals surface area contributed by atoms with Crippen LogP contribution in [-0.2, 0) is 9.59 Å². The Morgan fingerprint density at radius 1 is 1.08 bits per heavy atom. The number of benzene rings is 3. The molecule has 36 heavy (non-hydrogen) atoms. The van der Waals surface area contributed by atoms with Crippen molar-refractivity contribution in [3.63, 3.8) is 0 Å². The van der Waals surface area contributed by atoms with Gasteiger partial charge in [-0.3, -0.25) is 9.59 Å². The molecule has 0 unspecified atom stereocenters. The number of nitrogens with zero attached hydrogens (tertiary/aromatic N) is 1. The number of carbonyl (C=O) groups excluding carboxylic acids is 3. The van der Waals surface area contributed by atoms with E-state index in [1.807, 2.05) is 30.3 Å². The average Bonchev–Trinajstić information content (AvgIpc) is 3.28. The highest BCUT2D eigenvalue weighted by atomic mass is 19.1. The zero-order chi connectivity index (χ0) is 25.5. The maximum absolute atomic E-state index is 13.1. The smallest absolute Gasteiger partial charge is 0.343 e. The molecule has 0 saturated carbocycles. The first-order valence-corrected chi connectivity index (χ1v) is 11.4. The van der Waals surface area contributed by atoms with E-state index in [0.717, 1.165) is 5.56 Å². The van der Waals surface area contributed by atoms with E-state index in [9.17, 15) is 18.8 Å². The van der Waals surface area contributed by atoms with Crippen LogP contribution in [0.1, 0.15) is 34.3 Å². The molecule has 2 amide bonds. The van der Waals surface area contributed by atoms with Crippen LogP contribution in [0.5, 0.6) is 11.5 Å². The normalized spacial score (nSPS) is 17.0. The van der Waals surface area contributed by atoms with Crippen LogP contribution in [0.2, 0.25) is 0 Å². The van der Waals surface area contributed by atoms with E-state index in [1.54, 1.807) is 19.1 Å². The fourth-order valence-corrected chi connectivity index (χ4v) is 3.88. The van der Waals surface area contributed by atoms with Gasteiger partial charge in [0.15, 0.2) is 11.5 Å². The van der Waals surface area contributed by atoms with E-state index >= 15 is 0 Å². The Labute approximate surface area is 207 Å². The molecule has 0 spiro atoms. The van der Waals surface area contributed by atoms with E-state index in [-0.39, 0.29) is 23.1 Å². The lowest BCUT2D eigenvalue weighted by atomic mass is 9.88. The summed E-state index contributed by atoms with van der Waals surface area (Å²) in [6.07, 6.45) is 1.40. The third-order valence-corrected chi connectivity index (χ3v) is 5.63. The van der Waals surface area contributed by atoms with Crippen LogP contribution in [0.25, 0.3) is 0 Å². The fraction of sp³-hybridized carbons (Fsp3) is 0.185. The molecule has 8 nitrogen and oxygen atoms in total. The van der Waals surface area contributed by atoms with Gasteiger partial charge in [0.1, 0.15) is 11.7 Å². The van der Waals surface area contributed by atoms with Gasteiger partial charge in [-0.1, -0.05) is 30.3 Å². The highest BCUT2D eigenvalue weighted by molar-refractivity contribution is 6.03. The zero-order valence-corrected chi connectivity index (χ0v) is 19.4. The summed E-state index contributed by atoms with van der Waals surface area (Å²) in [5.41, 5.74) is 4.09. The van der Waals surface area contributed by atoms with Gasteiger partial charge in [-0.25, -0.2) is 14.6 Å². The van der Waals surface area contributed by atoms with Gasteiger partial charge in [0.05, 0.1) is 18.4 Å². The van der Waals surface area contributed by atoms with E-state index in [4.69, 9.17) is 9.47 Å². The average molecular weight is 490 g/mol. The molecule has 3 aromatic rings. The summed E-state index contributed by atoms with van der Waals surface area (Å²) in [7, 11) is 0. The zero-order valence-electron chi connectivity index (χ0n) is 19.4. The SMILES string of the molecule is CCOc1cc(C=NNC(=O)[C@H]2C(=O)NC[C@@H]2c2ccccc2)ccc1OC(=O)c1ccc(F)cc1. The maximum Gasteiger partial charge on any atom is 0.343 e. The van der Waals surface area contributed by atoms with Crippen LogP contribution in [-0.4, -0.2) is 37.1 Å². The Morgan fingerprint density at radius 3 is 2.56 bits per heavy atom. The van der Waals surface area contributed by atoms with E-state index in [0.29, 0.717) is 24.5 Å². The Balaban J connectivity index is 1.43. The van der Waals surface area contributed by atoms with Crippen molar-refractivity contribution in [2.45, 2.75) is 12.8 Å². The van der Waals surface area contributed by atoms with Crippen LogP contribution < -0.4 is 20.2 Å². The first-order valence-electron chi connectivity index (χ1n) is 11.4. The third kappa shape index (κ3) is 5.75. The second-order valence-corrected chi connectivity index (χ2v) is 8.01. The summed E-state index contributed by atoms with van der Waals surface area (Å²) in [4.78, 5) is 37.4. The van der Waals surface area contributed by atoms with Crippen molar-refractivity contribution in [2.75, 3.05) is 13.2 Å². The summed E-state index contributed by atoms with van der Waals surface area (Å²) in [6, 6.07) is 19.1. The van der Waals surface area contributed by atoms with Gasteiger partial charge in [0, 0.05) is 12.5 Å². The van der Waals surface area contributed by atoms with Gasteiger partial charge in [0.25, 0.3) is 5.91 Å².